The summed E-state index contributed by atoms with van der Waals surface area (Å²) in [6.07, 6.45) is 1.54. The quantitative estimate of drug-likeness (QED) is 0.148. The number of hydrogen-bond donors (Lipinski definition) is 3. The smallest absolute Gasteiger partial charge is 0.272 e. The van der Waals surface area contributed by atoms with Crippen molar-refractivity contribution in [2.45, 2.75) is 4.90 Å². The summed E-state index contributed by atoms with van der Waals surface area (Å²) < 4.78 is 23.7. The van der Waals surface area contributed by atoms with Crippen LogP contribution in [0, 0.1) is 5.82 Å². The van der Waals surface area contributed by atoms with Crippen LogP contribution in [0.2, 0.25) is 0 Å². The second-order valence-electron chi connectivity index (χ2n) is 8.81. The summed E-state index contributed by atoms with van der Waals surface area (Å²) in [4.78, 5) is 39.3. The van der Waals surface area contributed by atoms with Gasteiger partial charge in [-0.25, -0.2) is 4.39 Å². The van der Waals surface area contributed by atoms with E-state index < -0.39 is 11.8 Å². The fourth-order valence-electron chi connectivity index (χ4n) is 3.76. The van der Waals surface area contributed by atoms with Crippen LogP contribution in [0.3, 0.4) is 0 Å². The Balaban J connectivity index is 1.44. The van der Waals surface area contributed by atoms with Gasteiger partial charge in [0.15, 0.2) is 11.5 Å². The van der Waals surface area contributed by atoms with E-state index in [2.05, 4.69) is 16.0 Å². The summed E-state index contributed by atoms with van der Waals surface area (Å²) in [5, 5.41) is 8.22. The van der Waals surface area contributed by atoms with Gasteiger partial charge < -0.3 is 25.4 Å². The molecule has 0 aromatic heterocycles. The molecule has 4 rings (SSSR count). The van der Waals surface area contributed by atoms with Crippen molar-refractivity contribution < 1.29 is 28.2 Å². The van der Waals surface area contributed by atoms with Crippen LogP contribution in [0.1, 0.15) is 15.9 Å². The molecule has 0 heterocycles. The van der Waals surface area contributed by atoms with Crippen LogP contribution in [0.25, 0.3) is 6.08 Å². The van der Waals surface area contributed by atoms with E-state index in [1.807, 2.05) is 0 Å². The fraction of sp³-hybridized carbons (Fsp3) is 0.0938. The van der Waals surface area contributed by atoms with Gasteiger partial charge in [-0.1, -0.05) is 24.3 Å². The van der Waals surface area contributed by atoms with Gasteiger partial charge in [0.25, 0.3) is 11.8 Å². The molecule has 0 radical (unpaired) electrons. The maximum absolute atomic E-state index is 13.3. The molecule has 0 aliphatic heterocycles. The van der Waals surface area contributed by atoms with Crippen molar-refractivity contribution in [3.63, 3.8) is 0 Å². The summed E-state index contributed by atoms with van der Waals surface area (Å²) in [5.74, 6) is -0.442. The Hall–Kier alpha value is -5.09. The number of nitrogens with one attached hydrogen (secondary N) is 3. The molecule has 42 heavy (non-hydrogen) atoms. The number of carbonyl (C=O) groups excluding carboxylic acids is 3. The molecule has 0 atom stereocenters. The Morgan fingerprint density at radius 1 is 0.786 bits per heavy atom. The van der Waals surface area contributed by atoms with Gasteiger partial charge in [0, 0.05) is 21.8 Å². The molecule has 0 saturated carbocycles. The Morgan fingerprint density at radius 2 is 1.43 bits per heavy atom. The summed E-state index contributed by atoms with van der Waals surface area (Å²) in [6.45, 7) is 0. The molecular weight excluding hydrogens is 557 g/mol. The van der Waals surface area contributed by atoms with Gasteiger partial charge in [0.2, 0.25) is 5.91 Å². The molecule has 4 aromatic carbocycles. The van der Waals surface area contributed by atoms with Gasteiger partial charge in [-0.3, -0.25) is 14.4 Å². The van der Waals surface area contributed by atoms with Crippen LogP contribution in [-0.2, 0) is 9.59 Å². The van der Waals surface area contributed by atoms with Crippen LogP contribution in [-0.4, -0.2) is 37.7 Å². The number of halogens is 1. The molecule has 214 valence electrons. The minimum atomic E-state index is -0.534. The monoisotopic (exact) mass is 585 g/mol. The van der Waals surface area contributed by atoms with Crippen LogP contribution in [0.15, 0.2) is 108 Å². The van der Waals surface area contributed by atoms with Gasteiger partial charge >= 0.3 is 0 Å². The third-order valence-electron chi connectivity index (χ3n) is 5.86. The number of ether oxygens (including phenoxy) is 2. The minimum Gasteiger partial charge on any atom is -0.493 e. The van der Waals surface area contributed by atoms with Crippen LogP contribution in [0.5, 0.6) is 11.5 Å². The number of amides is 3. The Kier molecular flexibility index (Phi) is 10.3. The third kappa shape index (κ3) is 8.45. The van der Waals surface area contributed by atoms with Crippen LogP contribution in [0.4, 0.5) is 15.8 Å². The average molecular weight is 586 g/mol. The molecule has 0 fully saturated rings. The highest BCUT2D eigenvalue weighted by Gasteiger charge is 2.16. The molecule has 0 unspecified atom stereocenters. The number of anilines is 2. The summed E-state index contributed by atoms with van der Waals surface area (Å²) >= 11 is 1.31. The van der Waals surface area contributed by atoms with E-state index in [0.717, 1.165) is 4.90 Å². The Bertz CT molecular complexity index is 1580. The number of thioether (sulfide) groups is 1. The number of benzene rings is 4. The lowest BCUT2D eigenvalue weighted by Crippen LogP contribution is -2.30. The molecule has 4 aromatic rings. The molecule has 0 saturated heterocycles. The van der Waals surface area contributed by atoms with Crippen LogP contribution < -0.4 is 25.4 Å². The van der Waals surface area contributed by atoms with E-state index >= 15 is 0 Å². The van der Waals surface area contributed by atoms with E-state index in [0.29, 0.717) is 34.0 Å². The van der Waals surface area contributed by atoms with E-state index in [4.69, 9.17) is 9.47 Å². The zero-order chi connectivity index (χ0) is 29.9. The molecule has 0 aliphatic rings. The lowest BCUT2D eigenvalue weighted by atomic mass is 10.1. The Morgan fingerprint density at radius 3 is 2.10 bits per heavy atom. The van der Waals surface area contributed by atoms with Gasteiger partial charge in [-0.15, -0.1) is 11.8 Å². The molecule has 3 N–H and O–H groups in total. The van der Waals surface area contributed by atoms with Crippen molar-refractivity contribution in [1.29, 1.82) is 0 Å². The number of hydrogen-bond acceptors (Lipinski definition) is 6. The topological polar surface area (TPSA) is 106 Å². The molecule has 0 aliphatic carbocycles. The van der Waals surface area contributed by atoms with Gasteiger partial charge in [-0.05, 0) is 84.4 Å². The van der Waals surface area contributed by atoms with Crippen molar-refractivity contribution in [3.05, 3.63) is 120 Å². The molecule has 8 nitrogen and oxygen atoms in total. The second-order valence-corrected chi connectivity index (χ2v) is 9.86. The number of methoxy groups -OCH3 is 2. The molecule has 0 spiro atoms. The number of rotatable bonds is 11. The van der Waals surface area contributed by atoms with Gasteiger partial charge in [0.1, 0.15) is 11.5 Å². The van der Waals surface area contributed by atoms with Gasteiger partial charge in [-0.2, -0.15) is 0 Å². The van der Waals surface area contributed by atoms with Crippen LogP contribution >= 0.6 is 11.8 Å². The van der Waals surface area contributed by atoms with Crippen molar-refractivity contribution in [2.24, 2.45) is 0 Å². The highest BCUT2D eigenvalue weighted by Crippen LogP contribution is 2.28. The maximum Gasteiger partial charge on any atom is 0.272 e. The first-order valence-corrected chi connectivity index (χ1v) is 13.7. The highest BCUT2D eigenvalue weighted by molar-refractivity contribution is 8.00. The number of carbonyl (C=O) groups is 3. The molecule has 0 bridgehead atoms. The second kappa shape index (κ2) is 14.5. The zero-order valence-corrected chi connectivity index (χ0v) is 23.7. The maximum atomic E-state index is 13.3. The zero-order valence-electron chi connectivity index (χ0n) is 22.8. The van der Waals surface area contributed by atoms with Crippen molar-refractivity contribution in [1.82, 2.24) is 5.32 Å². The van der Waals surface area contributed by atoms with Crippen molar-refractivity contribution in [3.8, 4) is 11.5 Å². The van der Waals surface area contributed by atoms with Crippen molar-refractivity contribution in [2.75, 3.05) is 30.6 Å². The highest BCUT2D eigenvalue weighted by atomic mass is 32.2. The van der Waals surface area contributed by atoms with Crippen molar-refractivity contribution >= 4 is 46.9 Å². The molecule has 3 amide bonds. The Labute approximate surface area is 246 Å². The lowest BCUT2D eigenvalue weighted by Gasteiger charge is -2.13. The predicted octanol–water partition coefficient (Wildman–Crippen LogP) is 5.98. The van der Waals surface area contributed by atoms with E-state index in [1.54, 1.807) is 78.9 Å². The summed E-state index contributed by atoms with van der Waals surface area (Å²) in [6, 6.07) is 26.2. The minimum absolute atomic E-state index is 0.0204. The standard InChI is InChI=1S/C32H28FN3O5S/c1-40-28-17-8-21(19-29(28)41-2)18-27(36-31(38)22-6-4-3-5-7-22)32(39)35-25-13-15-26(16-14-25)42-20-30(37)34-24-11-9-23(33)10-12-24/h3-19H,20H2,1-2H3,(H,34,37)(H,35,39)(H,36,38)/b27-18-. The van der Waals surface area contributed by atoms with Gasteiger partial charge in [0.05, 0.1) is 20.0 Å². The molecule has 10 heteroatoms. The largest absolute Gasteiger partial charge is 0.493 e. The third-order valence-corrected chi connectivity index (χ3v) is 6.87. The lowest BCUT2D eigenvalue weighted by molar-refractivity contribution is -0.114. The predicted molar refractivity (Wildman–Crippen MR) is 162 cm³/mol. The SMILES string of the molecule is COc1ccc(/C=C(\NC(=O)c2ccccc2)C(=O)Nc2ccc(SCC(=O)Nc3ccc(F)cc3)cc2)cc1OC. The fourth-order valence-corrected chi connectivity index (χ4v) is 4.46. The average Bonchev–Trinajstić information content (AvgIpc) is 3.01. The van der Waals surface area contributed by atoms with E-state index in [1.165, 1.54) is 50.2 Å². The molecular formula is C32H28FN3O5S. The van der Waals surface area contributed by atoms with E-state index in [9.17, 15) is 18.8 Å². The first-order valence-electron chi connectivity index (χ1n) is 12.7. The summed E-state index contributed by atoms with van der Waals surface area (Å²) in [7, 11) is 3.04. The first kappa shape index (κ1) is 29.9. The summed E-state index contributed by atoms with van der Waals surface area (Å²) in [5.41, 5.74) is 2.03. The normalized spacial score (nSPS) is 10.9. The van der Waals surface area contributed by atoms with E-state index in [-0.39, 0.29) is 23.2 Å². The first-order chi connectivity index (χ1) is 20.3.